The van der Waals surface area contributed by atoms with Crippen molar-refractivity contribution in [3.05, 3.63) is 54.1 Å². The van der Waals surface area contributed by atoms with Crippen molar-refractivity contribution in [1.29, 1.82) is 0 Å². The van der Waals surface area contributed by atoms with Gasteiger partial charge in [0.2, 0.25) is 5.91 Å². The van der Waals surface area contributed by atoms with Crippen LogP contribution in [0.3, 0.4) is 0 Å². The van der Waals surface area contributed by atoms with E-state index in [0.29, 0.717) is 12.8 Å². The lowest BCUT2D eigenvalue weighted by atomic mass is 9.98. The van der Waals surface area contributed by atoms with Crippen molar-refractivity contribution in [2.45, 2.75) is 37.6 Å². The molecule has 0 atom stereocenters. The lowest BCUT2D eigenvalue weighted by Gasteiger charge is -2.20. The maximum atomic E-state index is 13.8. The highest BCUT2D eigenvalue weighted by Gasteiger charge is 2.52. The molecule has 0 bridgehead atoms. The normalized spacial score (nSPS) is 16.8. The fraction of sp³-hybridized carbons (Fsp3) is 0.318. The minimum Gasteiger partial charge on any atom is -0.324 e. The van der Waals surface area contributed by atoms with E-state index in [2.05, 4.69) is 20.9 Å². The summed E-state index contributed by atoms with van der Waals surface area (Å²) >= 11 is 0. The number of anilines is 2. The zero-order valence-electron chi connectivity index (χ0n) is 17.2. The highest BCUT2D eigenvalue weighted by molar-refractivity contribution is 6.08. The van der Waals surface area contributed by atoms with Crippen LogP contribution in [0.2, 0.25) is 0 Å². The summed E-state index contributed by atoms with van der Waals surface area (Å²) < 4.78 is 13.8. The number of nitrogens with one attached hydrogen (secondary N) is 3. The first-order valence-corrected chi connectivity index (χ1v) is 10.3. The largest absolute Gasteiger partial charge is 0.325 e. The Morgan fingerprint density at radius 2 is 1.88 bits per heavy atom. The minimum absolute atomic E-state index is 0.0590. The van der Waals surface area contributed by atoms with Crippen LogP contribution in [0.1, 0.15) is 42.6 Å². The van der Waals surface area contributed by atoms with Crippen LogP contribution in [-0.2, 0) is 9.59 Å². The van der Waals surface area contributed by atoms with Crippen LogP contribution >= 0.6 is 0 Å². The molecule has 1 aromatic heterocycles. The molecule has 0 unspecified atom stereocenters. The molecule has 4 rings (SSSR count). The van der Waals surface area contributed by atoms with Gasteiger partial charge in [-0.2, -0.15) is 0 Å². The molecule has 2 aromatic rings. The molecule has 1 aliphatic carbocycles. The molecule has 166 valence electrons. The molecule has 32 heavy (non-hydrogen) atoms. The Hall–Kier alpha value is -3.82. The second-order valence-electron chi connectivity index (χ2n) is 7.83. The number of aromatic nitrogens is 1. The minimum atomic E-state index is -0.834. The van der Waals surface area contributed by atoms with Crippen molar-refractivity contribution < 1.29 is 23.6 Å². The van der Waals surface area contributed by atoms with Crippen LogP contribution in [0.15, 0.2) is 42.6 Å². The zero-order valence-corrected chi connectivity index (χ0v) is 17.2. The van der Waals surface area contributed by atoms with Gasteiger partial charge in [0, 0.05) is 19.2 Å². The number of urea groups is 1. The number of imide groups is 1. The number of hydrogen-bond donors (Lipinski definition) is 3. The van der Waals surface area contributed by atoms with Crippen molar-refractivity contribution in [3.8, 4) is 0 Å². The van der Waals surface area contributed by atoms with E-state index in [4.69, 9.17) is 0 Å². The van der Waals surface area contributed by atoms with E-state index < -0.39 is 29.2 Å². The first-order chi connectivity index (χ1) is 15.4. The van der Waals surface area contributed by atoms with Gasteiger partial charge >= 0.3 is 6.03 Å². The van der Waals surface area contributed by atoms with Gasteiger partial charge in [-0.25, -0.2) is 9.18 Å². The summed E-state index contributed by atoms with van der Waals surface area (Å²) in [6, 6.07) is 7.89. The number of pyridine rings is 1. The summed E-state index contributed by atoms with van der Waals surface area (Å²) in [4.78, 5) is 54.8. The molecule has 2 heterocycles. The molecule has 9 nitrogen and oxygen atoms in total. The second-order valence-corrected chi connectivity index (χ2v) is 7.83. The molecule has 5 amide bonds. The molecule has 3 N–H and O–H groups in total. The fourth-order valence-electron chi connectivity index (χ4n) is 4.04. The van der Waals surface area contributed by atoms with E-state index in [-0.39, 0.29) is 35.9 Å². The van der Waals surface area contributed by atoms with Gasteiger partial charge in [-0.05, 0) is 43.2 Å². The van der Waals surface area contributed by atoms with E-state index in [1.807, 2.05) is 0 Å². The second kappa shape index (κ2) is 8.74. The molecule has 1 saturated heterocycles. The van der Waals surface area contributed by atoms with Crippen molar-refractivity contribution >= 4 is 35.1 Å². The number of halogens is 1. The predicted octanol–water partition coefficient (Wildman–Crippen LogP) is 2.67. The highest BCUT2D eigenvalue weighted by atomic mass is 19.1. The first-order valence-electron chi connectivity index (χ1n) is 10.3. The number of benzene rings is 1. The van der Waals surface area contributed by atoms with Crippen molar-refractivity contribution in [2.24, 2.45) is 0 Å². The summed E-state index contributed by atoms with van der Waals surface area (Å²) in [5, 5.41) is 7.89. The molecule has 1 saturated carbocycles. The smallest absolute Gasteiger partial charge is 0.324 e. The third-order valence-electron chi connectivity index (χ3n) is 5.67. The maximum Gasteiger partial charge on any atom is 0.325 e. The van der Waals surface area contributed by atoms with Crippen LogP contribution in [0.25, 0.3) is 0 Å². The Balaban J connectivity index is 1.40. The maximum absolute atomic E-state index is 13.8. The zero-order chi connectivity index (χ0) is 22.7. The van der Waals surface area contributed by atoms with Crippen LogP contribution in [0, 0.1) is 5.82 Å². The number of amides is 5. The highest BCUT2D eigenvalue weighted by Crippen LogP contribution is 2.35. The third kappa shape index (κ3) is 4.29. The number of hydrogen-bond acceptors (Lipinski definition) is 5. The summed E-state index contributed by atoms with van der Waals surface area (Å²) in [5.74, 6) is -1.96. The van der Waals surface area contributed by atoms with Crippen molar-refractivity contribution in [2.75, 3.05) is 17.2 Å². The number of carbonyl (C=O) groups is 4. The molecule has 0 radical (unpaired) electrons. The summed E-state index contributed by atoms with van der Waals surface area (Å²) in [7, 11) is 0. The molecule has 1 aromatic carbocycles. The Morgan fingerprint density at radius 3 is 2.59 bits per heavy atom. The number of rotatable bonds is 6. The first kappa shape index (κ1) is 21.4. The van der Waals surface area contributed by atoms with E-state index >= 15 is 0 Å². The SMILES string of the molecule is O=C(CCN1C(=O)NC2(CCCC2)C1=O)Nc1cc(F)ccc1NC(=O)c1ccccn1. The van der Waals surface area contributed by atoms with Crippen molar-refractivity contribution in [1.82, 2.24) is 15.2 Å². The average Bonchev–Trinajstić information content (AvgIpc) is 3.34. The monoisotopic (exact) mass is 439 g/mol. The van der Waals surface area contributed by atoms with E-state index in [1.54, 1.807) is 12.1 Å². The number of nitrogens with zero attached hydrogens (tertiary/aromatic N) is 2. The van der Waals surface area contributed by atoms with Gasteiger partial charge in [0.1, 0.15) is 17.1 Å². The molecule has 1 spiro atoms. The van der Waals surface area contributed by atoms with Crippen LogP contribution < -0.4 is 16.0 Å². The van der Waals surface area contributed by atoms with E-state index in [1.165, 1.54) is 18.3 Å². The van der Waals surface area contributed by atoms with Gasteiger partial charge in [0.05, 0.1) is 11.4 Å². The van der Waals surface area contributed by atoms with Crippen molar-refractivity contribution in [3.63, 3.8) is 0 Å². The standard InChI is InChI=1S/C22H22FN5O4/c23-14-6-7-15(26-19(30)16-5-1-4-11-24-16)17(13-14)25-18(29)8-12-28-20(31)22(27-21(28)32)9-2-3-10-22/h1,4-7,11,13H,2-3,8-10,12H2,(H,25,29)(H,26,30)(H,27,32). The summed E-state index contributed by atoms with van der Waals surface area (Å²) in [5.41, 5.74) is -0.425. The van der Waals surface area contributed by atoms with E-state index in [0.717, 1.165) is 29.9 Å². The van der Waals surface area contributed by atoms with Gasteiger partial charge in [0.25, 0.3) is 11.8 Å². The van der Waals surface area contributed by atoms with Gasteiger partial charge in [0.15, 0.2) is 0 Å². The Bertz CT molecular complexity index is 1070. The average molecular weight is 439 g/mol. The van der Waals surface area contributed by atoms with Gasteiger partial charge < -0.3 is 16.0 Å². The molecular formula is C22H22FN5O4. The summed E-state index contributed by atoms with van der Waals surface area (Å²) in [6.07, 6.45) is 4.23. The molecule has 1 aliphatic heterocycles. The lowest BCUT2D eigenvalue weighted by molar-refractivity contribution is -0.131. The Kier molecular flexibility index (Phi) is 5.85. The van der Waals surface area contributed by atoms with Gasteiger partial charge in [-0.1, -0.05) is 18.9 Å². The van der Waals surface area contributed by atoms with Crippen LogP contribution in [0.4, 0.5) is 20.6 Å². The van der Waals surface area contributed by atoms with Gasteiger partial charge in [-0.15, -0.1) is 0 Å². The molecular weight excluding hydrogens is 417 g/mol. The predicted molar refractivity (Wildman–Crippen MR) is 113 cm³/mol. The lowest BCUT2D eigenvalue weighted by Crippen LogP contribution is -2.44. The fourth-order valence-corrected chi connectivity index (χ4v) is 4.04. The molecule has 2 aliphatic rings. The quantitative estimate of drug-likeness (QED) is 0.598. The number of carbonyl (C=O) groups excluding carboxylic acids is 4. The topological polar surface area (TPSA) is 121 Å². The third-order valence-corrected chi connectivity index (χ3v) is 5.67. The Labute approximate surface area is 183 Å². The Morgan fingerprint density at radius 1 is 1.09 bits per heavy atom. The van der Waals surface area contributed by atoms with Crippen LogP contribution in [-0.4, -0.2) is 45.7 Å². The molecule has 10 heteroatoms. The van der Waals surface area contributed by atoms with Crippen LogP contribution in [0.5, 0.6) is 0 Å². The molecule has 2 fully saturated rings. The van der Waals surface area contributed by atoms with E-state index in [9.17, 15) is 23.6 Å². The van der Waals surface area contributed by atoms with Gasteiger partial charge in [-0.3, -0.25) is 24.3 Å². The summed E-state index contributed by atoms with van der Waals surface area (Å²) in [6.45, 7) is -0.0941.